The van der Waals surface area contributed by atoms with Crippen molar-refractivity contribution < 1.29 is 14.5 Å². The predicted molar refractivity (Wildman–Crippen MR) is 92.1 cm³/mol. The zero-order valence-electron chi connectivity index (χ0n) is 13.1. The van der Waals surface area contributed by atoms with Crippen molar-refractivity contribution in [3.05, 3.63) is 62.7 Å². The first kappa shape index (κ1) is 17.6. The SMILES string of the molecule is CC(=O)Nc1ccc(-c2ccccc2C(=O)C[N+](=O)[O-])c(Cl)c1C. The van der Waals surface area contributed by atoms with Crippen LogP contribution >= 0.6 is 11.6 Å². The van der Waals surface area contributed by atoms with Crippen molar-refractivity contribution >= 4 is 29.0 Å². The molecule has 2 rings (SSSR count). The largest absolute Gasteiger partial charge is 0.326 e. The number of hydrogen-bond donors (Lipinski definition) is 1. The number of hydrogen-bond acceptors (Lipinski definition) is 4. The number of nitrogens with zero attached hydrogens (tertiary/aromatic N) is 1. The smallest absolute Gasteiger partial charge is 0.265 e. The summed E-state index contributed by atoms with van der Waals surface area (Å²) < 4.78 is 0. The standard InChI is InChI=1S/C17H15ClN2O4/c1-10-15(19-11(2)21)8-7-14(17(10)18)12-5-3-4-6-13(12)16(22)9-20(23)24/h3-8H,9H2,1-2H3,(H,19,21). The molecule has 124 valence electrons. The van der Waals surface area contributed by atoms with E-state index in [-0.39, 0.29) is 11.5 Å². The summed E-state index contributed by atoms with van der Waals surface area (Å²) in [6.45, 7) is 2.36. The minimum absolute atomic E-state index is 0.219. The number of nitro groups is 1. The van der Waals surface area contributed by atoms with E-state index >= 15 is 0 Å². The lowest BCUT2D eigenvalue weighted by Gasteiger charge is -2.14. The minimum atomic E-state index is -0.780. The highest BCUT2D eigenvalue weighted by Gasteiger charge is 2.19. The summed E-state index contributed by atoms with van der Waals surface area (Å²) in [5.41, 5.74) is 2.57. The van der Waals surface area contributed by atoms with Gasteiger partial charge in [0.05, 0.1) is 5.02 Å². The minimum Gasteiger partial charge on any atom is -0.326 e. The topological polar surface area (TPSA) is 89.3 Å². The number of benzene rings is 2. The molecule has 2 aromatic rings. The molecule has 0 unspecified atom stereocenters. The Balaban J connectivity index is 2.53. The van der Waals surface area contributed by atoms with Crippen LogP contribution in [0.3, 0.4) is 0 Å². The van der Waals surface area contributed by atoms with Crippen LogP contribution in [-0.4, -0.2) is 23.2 Å². The Bertz CT molecular complexity index is 833. The van der Waals surface area contributed by atoms with Crippen LogP contribution in [0.5, 0.6) is 0 Å². The van der Waals surface area contributed by atoms with E-state index in [4.69, 9.17) is 11.6 Å². The van der Waals surface area contributed by atoms with Crippen LogP contribution in [0.4, 0.5) is 5.69 Å². The molecule has 0 radical (unpaired) electrons. The molecule has 6 nitrogen and oxygen atoms in total. The fraction of sp³-hybridized carbons (Fsp3) is 0.176. The zero-order chi connectivity index (χ0) is 17.9. The maximum Gasteiger partial charge on any atom is 0.265 e. The molecular formula is C17H15ClN2O4. The average Bonchev–Trinajstić information content (AvgIpc) is 2.51. The second-order valence-electron chi connectivity index (χ2n) is 5.24. The molecule has 0 bridgehead atoms. The third-order valence-electron chi connectivity index (χ3n) is 3.49. The molecule has 0 aliphatic carbocycles. The second-order valence-corrected chi connectivity index (χ2v) is 5.62. The van der Waals surface area contributed by atoms with Crippen molar-refractivity contribution in [2.75, 3.05) is 11.9 Å². The summed E-state index contributed by atoms with van der Waals surface area (Å²) >= 11 is 6.40. The summed E-state index contributed by atoms with van der Waals surface area (Å²) in [5.74, 6) is -0.807. The van der Waals surface area contributed by atoms with Gasteiger partial charge in [-0.25, -0.2) is 0 Å². The Morgan fingerprint density at radius 2 is 1.83 bits per heavy atom. The number of anilines is 1. The first-order valence-corrected chi connectivity index (χ1v) is 7.50. The molecule has 0 aliphatic rings. The Kier molecular flexibility index (Phi) is 5.31. The van der Waals surface area contributed by atoms with Gasteiger partial charge in [0, 0.05) is 28.7 Å². The van der Waals surface area contributed by atoms with Gasteiger partial charge in [-0.2, -0.15) is 0 Å². The predicted octanol–water partition coefficient (Wildman–Crippen LogP) is 3.73. The summed E-state index contributed by atoms with van der Waals surface area (Å²) in [6.07, 6.45) is 0. The van der Waals surface area contributed by atoms with Crippen LogP contribution in [0.25, 0.3) is 11.1 Å². The van der Waals surface area contributed by atoms with Crippen molar-refractivity contribution in [3.8, 4) is 11.1 Å². The van der Waals surface area contributed by atoms with Gasteiger partial charge in [-0.05, 0) is 24.1 Å². The van der Waals surface area contributed by atoms with E-state index in [0.29, 0.717) is 27.4 Å². The molecule has 0 aromatic heterocycles. The van der Waals surface area contributed by atoms with Crippen LogP contribution in [0, 0.1) is 17.0 Å². The van der Waals surface area contributed by atoms with E-state index in [1.165, 1.54) is 13.0 Å². The highest BCUT2D eigenvalue weighted by molar-refractivity contribution is 6.35. The molecule has 0 atom stereocenters. The number of nitrogens with one attached hydrogen (secondary N) is 1. The van der Waals surface area contributed by atoms with E-state index in [0.717, 1.165) is 0 Å². The molecule has 1 amide bonds. The molecule has 0 saturated heterocycles. The summed E-state index contributed by atoms with van der Waals surface area (Å²) in [6, 6.07) is 9.96. The van der Waals surface area contributed by atoms with Crippen LogP contribution in [-0.2, 0) is 4.79 Å². The molecule has 0 spiro atoms. The van der Waals surface area contributed by atoms with Crippen molar-refractivity contribution in [3.63, 3.8) is 0 Å². The maximum absolute atomic E-state index is 12.1. The van der Waals surface area contributed by atoms with Gasteiger partial charge in [-0.3, -0.25) is 19.7 Å². The molecule has 1 N–H and O–H groups in total. The fourth-order valence-electron chi connectivity index (χ4n) is 2.38. The first-order valence-electron chi connectivity index (χ1n) is 7.12. The van der Waals surface area contributed by atoms with E-state index in [9.17, 15) is 19.7 Å². The summed E-state index contributed by atoms with van der Waals surface area (Å²) in [5, 5.41) is 13.7. The van der Waals surface area contributed by atoms with Gasteiger partial charge in [0.1, 0.15) is 0 Å². The Morgan fingerprint density at radius 1 is 1.17 bits per heavy atom. The summed E-state index contributed by atoms with van der Waals surface area (Å²) in [4.78, 5) is 33.3. The third kappa shape index (κ3) is 3.78. The highest BCUT2D eigenvalue weighted by atomic mass is 35.5. The van der Waals surface area contributed by atoms with Gasteiger partial charge in [-0.15, -0.1) is 0 Å². The molecule has 24 heavy (non-hydrogen) atoms. The van der Waals surface area contributed by atoms with Crippen molar-refractivity contribution in [1.29, 1.82) is 0 Å². The van der Waals surface area contributed by atoms with Crippen molar-refractivity contribution in [1.82, 2.24) is 0 Å². The normalized spacial score (nSPS) is 10.3. The number of ketones is 1. The van der Waals surface area contributed by atoms with E-state index in [2.05, 4.69) is 5.32 Å². The molecule has 0 fully saturated rings. The van der Waals surface area contributed by atoms with Crippen LogP contribution < -0.4 is 5.32 Å². The van der Waals surface area contributed by atoms with Gasteiger partial charge < -0.3 is 5.32 Å². The van der Waals surface area contributed by atoms with E-state index < -0.39 is 17.3 Å². The average molecular weight is 347 g/mol. The van der Waals surface area contributed by atoms with Gasteiger partial charge in [0.2, 0.25) is 11.7 Å². The molecule has 2 aromatic carbocycles. The molecular weight excluding hydrogens is 332 g/mol. The Labute approximate surface area is 143 Å². The highest BCUT2D eigenvalue weighted by Crippen LogP contribution is 2.36. The second kappa shape index (κ2) is 7.23. The molecule has 0 saturated carbocycles. The molecule has 0 aliphatic heterocycles. The number of rotatable bonds is 5. The lowest BCUT2D eigenvalue weighted by atomic mass is 9.95. The van der Waals surface area contributed by atoms with Crippen molar-refractivity contribution in [2.24, 2.45) is 0 Å². The Morgan fingerprint density at radius 3 is 2.46 bits per heavy atom. The van der Waals surface area contributed by atoms with Gasteiger partial charge in [-0.1, -0.05) is 41.9 Å². The quantitative estimate of drug-likeness (QED) is 0.507. The van der Waals surface area contributed by atoms with Gasteiger partial charge in [0.25, 0.3) is 6.54 Å². The van der Waals surface area contributed by atoms with Crippen LogP contribution in [0.15, 0.2) is 36.4 Å². The molecule has 0 heterocycles. The number of amides is 1. The van der Waals surface area contributed by atoms with E-state index in [1.54, 1.807) is 37.3 Å². The first-order chi connectivity index (χ1) is 11.3. The van der Waals surface area contributed by atoms with Crippen LogP contribution in [0.1, 0.15) is 22.8 Å². The monoisotopic (exact) mass is 346 g/mol. The molecule has 7 heteroatoms. The van der Waals surface area contributed by atoms with Gasteiger partial charge in [0.15, 0.2) is 0 Å². The van der Waals surface area contributed by atoms with Crippen LogP contribution in [0.2, 0.25) is 5.02 Å². The van der Waals surface area contributed by atoms with E-state index in [1.807, 2.05) is 0 Å². The third-order valence-corrected chi connectivity index (χ3v) is 3.97. The number of halogens is 1. The zero-order valence-corrected chi connectivity index (χ0v) is 13.9. The lowest BCUT2D eigenvalue weighted by molar-refractivity contribution is -0.465. The van der Waals surface area contributed by atoms with Gasteiger partial charge >= 0.3 is 0 Å². The van der Waals surface area contributed by atoms with Crippen molar-refractivity contribution in [2.45, 2.75) is 13.8 Å². The maximum atomic E-state index is 12.1. The number of Topliss-reactive ketones (excluding diaryl/α,β-unsaturated/α-hetero) is 1. The summed E-state index contributed by atoms with van der Waals surface area (Å²) in [7, 11) is 0. The fourth-order valence-corrected chi connectivity index (χ4v) is 2.65. The lowest BCUT2D eigenvalue weighted by Crippen LogP contribution is -2.14. The number of carbonyl (C=O) groups is 2. The Hall–Kier alpha value is -2.73. The number of carbonyl (C=O) groups excluding carboxylic acids is 2.